The van der Waals surface area contributed by atoms with E-state index in [0.29, 0.717) is 43.4 Å². The van der Waals surface area contributed by atoms with Gasteiger partial charge >= 0.3 is 5.97 Å². The van der Waals surface area contributed by atoms with E-state index in [1.165, 1.54) is 23.0 Å². The number of methoxy groups -OCH3 is 2. The predicted molar refractivity (Wildman–Crippen MR) is 142 cm³/mol. The smallest absolute Gasteiger partial charge is 0.338 e. The first-order chi connectivity index (χ1) is 17.9. The Morgan fingerprint density at radius 3 is 2.51 bits per heavy atom. The molecule has 0 radical (unpaired) electrons. The average Bonchev–Trinajstić information content (AvgIpc) is 3.47. The van der Waals surface area contributed by atoms with Gasteiger partial charge in [0, 0.05) is 25.2 Å². The van der Waals surface area contributed by atoms with E-state index in [-0.39, 0.29) is 12.2 Å². The maximum atomic E-state index is 13.8. The second-order valence-electron chi connectivity index (χ2n) is 8.26. The molecule has 3 aromatic rings. The van der Waals surface area contributed by atoms with Crippen LogP contribution in [0.25, 0.3) is 6.08 Å². The molecule has 0 amide bonds. The molecule has 0 fully saturated rings. The Bertz CT molecular complexity index is 1510. The number of rotatable bonds is 9. The third kappa shape index (κ3) is 4.93. The van der Waals surface area contributed by atoms with Gasteiger partial charge in [0.25, 0.3) is 5.56 Å². The Kier molecular flexibility index (Phi) is 7.87. The number of benzene rings is 1. The zero-order valence-corrected chi connectivity index (χ0v) is 22.7. The van der Waals surface area contributed by atoms with Gasteiger partial charge in [-0.15, -0.1) is 0 Å². The third-order valence-corrected chi connectivity index (χ3v) is 7.18. The number of hydrogen-bond acceptors (Lipinski definition) is 9. The molecule has 0 bridgehead atoms. The summed E-state index contributed by atoms with van der Waals surface area (Å²) in [5, 5.41) is 0. The van der Waals surface area contributed by atoms with Crippen LogP contribution < -0.4 is 29.3 Å². The van der Waals surface area contributed by atoms with Crippen molar-refractivity contribution in [3.05, 3.63) is 72.6 Å². The highest BCUT2D eigenvalue weighted by molar-refractivity contribution is 7.07. The second-order valence-corrected chi connectivity index (χ2v) is 9.27. The minimum absolute atomic E-state index is 0.200. The van der Waals surface area contributed by atoms with E-state index < -0.39 is 12.0 Å². The van der Waals surface area contributed by atoms with Crippen LogP contribution in [0.3, 0.4) is 0 Å². The van der Waals surface area contributed by atoms with Crippen LogP contribution in [0.5, 0.6) is 11.5 Å². The molecule has 9 nitrogen and oxygen atoms in total. The van der Waals surface area contributed by atoms with Crippen molar-refractivity contribution in [3.8, 4) is 11.5 Å². The number of esters is 1. The lowest BCUT2D eigenvalue weighted by Gasteiger charge is -2.25. The number of carbonyl (C=O) groups excluding carboxylic acids is 1. The van der Waals surface area contributed by atoms with Gasteiger partial charge in [0.05, 0.1) is 42.7 Å². The van der Waals surface area contributed by atoms with Crippen molar-refractivity contribution in [1.82, 2.24) is 4.57 Å². The Labute approximate surface area is 218 Å². The van der Waals surface area contributed by atoms with Crippen LogP contribution in [-0.2, 0) is 9.53 Å². The molecule has 0 unspecified atom stereocenters. The molecule has 0 N–H and O–H groups in total. The molecule has 1 aliphatic rings. The van der Waals surface area contributed by atoms with Crippen LogP contribution in [0.15, 0.2) is 55.8 Å². The Hall–Kier alpha value is -3.79. The quantitative estimate of drug-likeness (QED) is 0.396. The number of hydrogen-bond donors (Lipinski definition) is 0. The molecular formula is C27H31N3O6S. The van der Waals surface area contributed by atoms with E-state index in [1.54, 1.807) is 39.2 Å². The monoisotopic (exact) mass is 525 g/mol. The molecule has 196 valence electrons. The van der Waals surface area contributed by atoms with Gasteiger partial charge in [-0.25, -0.2) is 9.79 Å². The first kappa shape index (κ1) is 26.3. The van der Waals surface area contributed by atoms with Crippen LogP contribution in [0.4, 0.5) is 5.88 Å². The van der Waals surface area contributed by atoms with Gasteiger partial charge in [0.2, 0.25) is 0 Å². The van der Waals surface area contributed by atoms with Gasteiger partial charge in [-0.3, -0.25) is 9.36 Å². The topological polar surface area (TPSA) is 95.5 Å². The molecular weight excluding hydrogens is 494 g/mol. The highest BCUT2D eigenvalue weighted by Gasteiger charge is 2.34. The summed E-state index contributed by atoms with van der Waals surface area (Å²) in [6.07, 6.45) is 1.71. The van der Waals surface area contributed by atoms with Gasteiger partial charge in [-0.2, -0.15) is 0 Å². The number of nitrogens with zero attached hydrogens (tertiary/aromatic N) is 3. The Morgan fingerprint density at radius 1 is 1.14 bits per heavy atom. The summed E-state index contributed by atoms with van der Waals surface area (Å²) in [5.41, 5.74) is 1.19. The molecule has 2 aromatic heterocycles. The number of furan rings is 1. The number of anilines is 1. The van der Waals surface area contributed by atoms with Gasteiger partial charge < -0.3 is 23.5 Å². The molecule has 0 saturated heterocycles. The summed E-state index contributed by atoms with van der Waals surface area (Å²) < 4.78 is 24.2. The maximum absolute atomic E-state index is 13.8. The molecule has 0 aliphatic carbocycles. The van der Waals surface area contributed by atoms with Crippen molar-refractivity contribution in [2.45, 2.75) is 33.7 Å². The lowest BCUT2D eigenvalue weighted by Crippen LogP contribution is -2.39. The van der Waals surface area contributed by atoms with Crippen LogP contribution in [0, 0.1) is 0 Å². The molecule has 0 spiro atoms. The van der Waals surface area contributed by atoms with E-state index in [4.69, 9.17) is 18.6 Å². The summed E-state index contributed by atoms with van der Waals surface area (Å²) >= 11 is 1.25. The third-order valence-electron chi connectivity index (χ3n) is 6.20. The summed E-state index contributed by atoms with van der Waals surface area (Å²) in [6, 6.07) is 8.31. The van der Waals surface area contributed by atoms with Gasteiger partial charge in [0.1, 0.15) is 5.76 Å². The molecule has 3 heterocycles. The summed E-state index contributed by atoms with van der Waals surface area (Å²) in [7, 11) is 3.09. The van der Waals surface area contributed by atoms with Crippen molar-refractivity contribution >= 4 is 29.3 Å². The summed E-state index contributed by atoms with van der Waals surface area (Å²) in [5.74, 6) is 1.81. The molecule has 4 rings (SSSR count). The van der Waals surface area contributed by atoms with Gasteiger partial charge in [-0.05, 0) is 51.5 Å². The highest BCUT2D eigenvalue weighted by atomic mass is 32.1. The van der Waals surface area contributed by atoms with Gasteiger partial charge in [-0.1, -0.05) is 17.4 Å². The van der Waals surface area contributed by atoms with Crippen molar-refractivity contribution in [3.63, 3.8) is 0 Å². The lowest BCUT2D eigenvalue weighted by molar-refractivity contribution is -0.139. The second kappa shape index (κ2) is 11.1. The fourth-order valence-electron chi connectivity index (χ4n) is 4.38. The molecule has 1 atom stereocenters. The number of thiazole rings is 1. The first-order valence-electron chi connectivity index (χ1n) is 12.1. The average molecular weight is 526 g/mol. The van der Waals surface area contributed by atoms with Crippen molar-refractivity contribution in [2.75, 3.05) is 38.8 Å². The minimum atomic E-state index is -0.750. The first-order valence-corrected chi connectivity index (χ1v) is 12.9. The molecule has 10 heteroatoms. The molecule has 1 aliphatic heterocycles. The number of aromatic nitrogens is 1. The molecule has 37 heavy (non-hydrogen) atoms. The number of ether oxygens (including phenoxy) is 3. The van der Waals surface area contributed by atoms with Crippen molar-refractivity contribution in [1.29, 1.82) is 0 Å². The SMILES string of the molecule is CCOC(=O)C1=C(C)N=c2s/c(=C/c3ccc(N(CC)CC)o3)c(=O)n2[C@H]1c1ccc(OC)c(OC)c1. The summed E-state index contributed by atoms with van der Waals surface area (Å²) in [4.78, 5) is 34.0. The van der Waals surface area contributed by atoms with Crippen LogP contribution in [0.1, 0.15) is 45.1 Å². The Balaban J connectivity index is 1.90. The minimum Gasteiger partial charge on any atom is -0.493 e. The standard InChI is InChI=1S/C27H31N3O6S/c1-7-29(8-2)22-13-11-18(36-22)15-21-25(31)30-24(17-10-12-19(33-5)20(14-17)34-6)23(26(32)35-9-3)16(4)28-27(30)37-21/h10-15,24H,7-9H2,1-6H3/b21-15+/t24-/m0/s1. The van der Waals surface area contributed by atoms with E-state index in [9.17, 15) is 9.59 Å². The number of allylic oxidation sites excluding steroid dienone is 1. The van der Waals surface area contributed by atoms with E-state index in [1.807, 2.05) is 18.2 Å². The van der Waals surface area contributed by atoms with Crippen LogP contribution in [0.2, 0.25) is 0 Å². The zero-order valence-electron chi connectivity index (χ0n) is 21.9. The van der Waals surface area contributed by atoms with Gasteiger partial charge in [0.15, 0.2) is 22.2 Å². The number of carbonyl (C=O) groups is 1. The maximum Gasteiger partial charge on any atom is 0.338 e. The predicted octanol–water partition coefficient (Wildman–Crippen LogP) is 3.25. The van der Waals surface area contributed by atoms with Crippen LogP contribution in [-0.4, -0.2) is 44.5 Å². The number of fused-ring (bicyclic) bond motifs is 1. The Morgan fingerprint density at radius 2 is 1.86 bits per heavy atom. The fourth-order valence-corrected chi connectivity index (χ4v) is 5.41. The van der Waals surface area contributed by atoms with E-state index in [0.717, 1.165) is 19.0 Å². The largest absolute Gasteiger partial charge is 0.493 e. The van der Waals surface area contributed by atoms with Crippen LogP contribution >= 0.6 is 11.3 Å². The zero-order chi connectivity index (χ0) is 26.7. The normalized spacial score (nSPS) is 15.3. The fraction of sp³-hybridized carbons (Fsp3) is 0.370. The summed E-state index contributed by atoms with van der Waals surface area (Å²) in [6.45, 7) is 9.43. The van der Waals surface area contributed by atoms with Crippen molar-refractivity contribution < 1.29 is 23.4 Å². The van der Waals surface area contributed by atoms with Crippen molar-refractivity contribution in [2.24, 2.45) is 4.99 Å². The molecule has 1 aromatic carbocycles. The lowest BCUT2D eigenvalue weighted by atomic mass is 9.95. The molecule has 0 saturated carbocycles. The van der Waals surface area contributed by atoms with E-state index in [2.05, 4.69) is 23.7 Å². The highest BCUT2D eigenvalue weighted by Crippen LogP contribution is 2.36. The van der Waals surface area contributed by atoms with E-state index >= 15 is 0 Å².